The Morgan fingerprint density at radius 1 is 0.806 bits per heavy atom. The van der Waals surface area contributed by atoms with Crippen molar-refractivity contribution in [3.63, 3.8) is 0 Å². The van der Waals surface area contributed by atoms with Gasteiger partial charge in [-0.15, -0.1) is 0 Å². The maximum Gasteiger partial charge on any atom is -1.00 e. The monoisotopic (exact) mass is 495 g/mol. The van der Waals surface area contributed by atoms with E-state index in [-0.39, 0.29) is 44.0 Å². The van der Waals surface area contributed by atoms with Crippen LogP contribution in [-0.4, -0.2) is 0 Å². The largest absolute Gasteiger partial charge is 1.00 e. The van der Waals surface area contributed by atoms with Crippen molar-refractivity contribution in [3.05, 3.63) is 112 Å². The van der Waals surface area contributed by atoms with Gasteiger partial charge in [-0.25, -0.2) is 0 Å². The van der Waals surface area contributed by atoms with Gasteiger partial charge >= 0.3 is 185 Å². The van der Waals surface area contributed by atoms with Gasteiger partial charge in [0.1, 0.15) is 0 Å². The van der Waals surface area contributed by atoms with E-state index < -0.39 is 0 Å². The molecule has 0 spiro atoms. The number of benzene rings is 3. The van der Waals surface area contributed by atoms with Crippen molar-refractivity contribution in [1.29, 1.82) is 0 Å². The number of fused-ring (bicyclic) bond motifs is 3. The molecule has 3 aromatic rings. The van der Waals surface area contributed by atoms with Crippen LogP contribution in [0.1, 0.15) is 21.8 Å². The number of halogens is 2. The maximum atomic E-state index is 2.54. The molecular weight excluding hydrogens is 477 g/mol. The van der Waals surface area contributed by atoms with Crippen LogP contribution in [0.4, 0.5) is 11.4 Å². The smallest absolute Gasteiger partial charge is 1.00 e. The molecule has 1 atom stereocenters. The van der Waals surface area contributed by atoms with Crippen molar-refractivity contribution in [3.8, 4) is 0 Å². The molecule has 6 rings (SSSR count). The van der Waals surface area contributed by atoms with E-state index in [1.807, 2.05) is 11.8 Å². The second-order valence-electron chi connectivity index (χ2n) is 7.47. The molecule has 0 fully saturated rings. The molecule has 1 nitrogen and oxygen atoms in total. The fourth-order valence-electron chi connectivity index (χ4n) is 4.38. The molecule has 0 radical (unpaired) electrons. The molecule has 3 aromatic carbocycles. The van der Waals surface area contributed by atoms with Gasteiger partial charge in [0.25, 0.3) is 0 Å². The van der Waals surface area contributed by atoms with E-state index in [4.69, 9.17) is 0 Å². The van der Waals surface area contributed by atoms with Gasteiger partial charge < -0.3 is 24.8 Å². The van der Waals surface area contributed by atoms with E-state index in [0.29, 0.717) is 4.22 Å². The quantitative estimate of drug-likeness (QED) is 0.504. The van der Waals surface area contributed by atoms with Gasteiger partial charge in [0, 0.05) is 0 Å². The number of hydrogen-bond acceptors (Lipinski definition) is 2. The molecular formula is C26H19Cl2NSTi. The first-order valence-corrected chi connectivity index (χ1v) is 12.5. The first-order chi connectivity index (χ1) is 14.4. The summed E-state index contributed by atoms with van der Waals surface area (Å²) < 4.78 is 2.15. The minimum absolute atomic E-state index is 0. The van der Waals surface area contributed by atoms with Crippen LogP contribution in [0.5, 0.6) is 0 Å². The number of nitrogens with zero attached hydrogens (tertiary/aromatic N) is 1. The molecule has 0 aromatic heterocycles. The topological polar surface area (TPSA) is 3.24 Å². The van der Waals surface area contributed by atoms with E-state index in [2.05, 4.69) is 102 Å². The summed E-state index contributed by atoms with van der Waals surface area (Å²) in [7, 11) is 0. The Bertz CT molecular complexity index is 1170. The summed E-state index contributed by atoms with van der Waals surface area (Å²) in [5.74, 6) is 0. The second kappa shape index (κ2) is 9.44. The second-order valence-corrected chi connectivity index (χ2v) is 10.9. The normalized spacial score (nSPS) is 17.3. The maximum absolute atomic E-state index is 2.54. The van der Waals surface area contributed by atoms with E-state index in [9.17, 15) is 0 Å². The minimum Gasteiger partial charge on any atom is -1.00 e. The molecule has 0 saturated heterocycles. The van der Waals surface area contributed by atoms with E-state index >= 15 is 0 Å². The Morgan fingerprint density at radius 2 is 1.45 bits per heavy atom. The van der Waals surface area contributed by atoms with Crippen molar-refractivity contribution in [1.82, 2.24) is 0 Å². The average Bonchev–Trinajstić information content (AvgIpc) is 3.40. The summed E-state index contributed by atoms with van der Waals surface area (Å²) in [6, 6.07) is 26.7. The third-order valence-corrected chi connectivity index (χ3v) is 9.38. The van der Waals surface area contributed by atoms with Crippen molar-refractivity contribution in [2.45, 2.75) is 20.4 Å². The molecule has 31 heavy (non-hydrogen) atoms. The van der Waals surface area contributed by atoms with Crippen LogP contribution in [-0.2, 0) is 19.2 Å². The third kappa shape index (κ3) is 3.97. The van der Waals surface area contributed by atoms with Gasteiger partial charge in [0.05, 0.1) is 0 Å². The van der Waals surface area contributed by atoms with Gasteiger partial charge in [0.2, 0.25) is 0 Å². The molecule has 0 N–H and O–H groups in total. The summed E-state index contributed by atoms with van der Waals surface area (Å²) in [6.45, 7) is 0. The Labute approximate surface area is 209 Å². The predicted octanol–water partition coefficient (Wildman–Crippen LogP) is 1.32. The van der Waals surface area contributed by atoms with Crippen molar-refractivity contribution in [2.24, 2.45) is 0 Å². The molecule has 1 aliphatic heterocycles. The Kier molecular flexibility index (Phi) is 6.86. The number of para-hydroxylation sites is 2. The van der Waals surface area contributed by atoms with Crippen molar-refractivity contribution < 1.29 is 44.0 Å². The van der Waals surface area contributed by atoms with Gasteiger partial charge in [0.15, 0.2) is 0 Å². The van der Waals surface area contributed by atoms with Crippen LogP contribution in [0, 0.1) is 0 Å². The van der Waals surface area contributed by atoms with E-state index in [1.165, 1.54) is 38.0 Å². The Hall–Kier alpha value is -1.68. The van der Waals surface area contributed by atoms with Gasteiger partial charge in [-0.05, 0) is 0 Å². The van der Waals surface area contributed by atoms with Crippen LogP contribution in [0.3, 0.4) is 0 Å². The van der Waals surface area contributed by atoms with Crippen LogP contribution in [0.15, 0.2) is 110 Å². The summed E-state index contributed by atoms with van der Waals surface area (Å²) in [4.78, 5) is 5.21. The van der Waals surface area contributed by atoms with Crippen LogP contribution >= 0.6 is 11.8 Å². The third-order valence-electron chi connectivity index (χ3n) is 5.70. The van der Waals surface area contributed by atoms with E-state index in [0.717, 1.165) is 6.42 Å². The summed E-state index contributed by atoms with van der Waals surface area (Å²) >= 11 is 1.58. The van der Waals surface area contributed by atoms with Crippen molar-refractivity contribution >= 4 is 29.2 Å². The molecule has 1 unspecified atom stereocenters. The molecule has 0 bridgehead atoms. The molecule has 3 aliphatic rings. The standard InChI is InChI=1S/C21H14NS.C5H5.2ClH.Ti/c1-2-8-16-14-17(13-15(16)7-1)22-18-9-3-5-11-20(18)23-21-12-6-4-10-19(21)22;1-2-4-5-3-1;;;/h1-14H;1-3H,4H2;2*1H;/q;;;;+2/p-2. The zero-order valence-electron chi connectivity index (χ0n) is 16.6. The fraction of sp³-hybridized carbons (Fsp3) is 0.0769. The summed E-state index contributed by atoms with van der Waals surface area (Å²) in [6.07, 6.45) is 10.5. The number of allylic oxidation sites excluding steroid dienone is 5. The van der Waals surface area contributed by atoms with Gasteiger partial charge in [-0.3, -0.25) is 0 Å². The number of anilines is 2. The Morgan fingerprint density at radius 3 is 2.13 bits per heavy atom. The van der Waals surface area contributed by atoms with Crippen LogP contribution in [0.2, 0.25) is 0 Å². The minimum atomic E-state index is -0.303. The first-order valence-electron chi connectivity index (χ1n) is 9.97. The molecule has 2 aliphatic carbocycles. The summed E-state index contributed by atoms with van der Waals surface area (Å²) in [5, 5.41) is 0. The summed E-state index contributed by atoms with van der Waals surface area (Å²) in [5.41, 5.74) is 6.95. The average molecular weight is 496 g/mol. The molecule has 0 amide bonds. The number of hydrogen-bond donors (Lipinski definition) is 0. The first kappa shape index (κ1) is 22.5. The molecule has 0 saturated carbocycles. The zero-order chi connectivity index (χ0) is 19.2. The van der Waals surface area contributed by atoms with Crippen LogP contribution in [0.25, 0.3) is 6.08 Å². The SMILES string of the molecule is C1=CC[C]([Ti+2][CH]2C(N3c4ccccc4Sc4ccccc43)=Cc3ccccc32)=C1.[Cl-].[Cl-]. The zero-order valence-corrected chi connectivity index (χ0v) is 20.5. The number of rotatable bonds is 3. The van der Waals surface area contributed by atoms with Gasteiger partial charge in [-0.2, -0.15) is 0 Å². The van der Waals surface area contributed by atoms with Gasteiger partial charge in [-0.1, -0.05) is 0 Å². The predicted molar refractivity (Wildman–Crippen MR) is 118 cm³/mol. The van der Waals surface area contributed by atoms with Crippen molar-refractivity contribution in [2.75, 3.05) is 4.90 Å². The fourth-order valence-corrected chi connectivity index (χ4v) is 7.90. The molecule has 1 heterocycles. The Balaban J connectivity index is 0.00000116. The van der Waals surface area contributed by atoms with Crippen LogP contribution < -0.4 is 29.7 Å². The molecule has 5 heteroatoms. The molecule has 152 valence electrons. The van der Waals surface area contributed by atoms with E-state index in [1.54, 1.807) is 3.88 Å².